The van der Waals surface area contributed by atoms with Crippen LogP contribution >= 0.6 is 0 Å². The average molecular weight is 402 g/mol. The van der Waals surface area contributed by atoms with Gasteiger partial charge in [-0.3, -0.25) is 14.0 Å². The quantitative estimate of drug-likeness (QED) is 0.572. The molecule has 0 saturated carbocycles. The van der Waals surface area contributed by atoms with Crippen LogP contribution in [0.25, 0.3) is 5.65 Å². The summed E-state index contributed by atoms with van der Waals surface area (Å²) in [4.78, 5) is 27.9. The molecule has 2 heterocycles. The molecule has 152 valence electrons. The number of halogens is 2. The molecule has 0 spiro atoms. The van der Waals surface area contributed by atoms with Gasteiger partial charge in [0.15, 0.2) is 17.2 Å². The van der Waals surface area contributed by atoms with E-state index in [1.54, 1.807) is 36.6 Å². The van der Waals surface area contributed by atoms with Crippen molar-refractivity contribution < 1.29 is 28.2 Å². The Labute approximate surface area is 165 Å². The summed E-state index contributed by atoms with van der Waals surface area (Å²) in [7, 11) is 0. The molecule has 0 bridgehead atoms. The van der Waals surface area contributed by atoms with E-state index in [0.29, 0.717) is 17.0 Å². The van der Waals surface area contributed by atoms with Gasteiger partial charge >= 0.3 is 5.97 Å². The van der Waals surface area contributed by atoms with Crippen molar-refractivity contribution in [2.45, 2.75) is 33.3 Å². The number of carbonyl (C=O) groups is 2. The van der Waals surface area contributed by atoms with Crippen LogP contribution in [0.4, 0.5) is 8.78 Å². The van der Waals surface area contributed by atoms with Gasteiger partial charge in [-0.05, 0) is 37.1 Å². The normalized spacial score (nSPS) is 12.1. The van der Waals surface area contributed by atoms with Crippen molar-refractivity contribution in [3.05, 3.63) is 65.1 Å². The SMILES string of the molecule is Cc1nc2c(OCc3c(F)cccc3F)cccn2c1C(=O)C[C@@H](C)CC(=O)O. The summed E-state index contributed by atoms with van der Waals surface area (Å²) in [5.74, 6) is -2.67. The monoisotopic (exact) mass is 402 g/mol. The first-order valence-electron chi connectivity index (χ1n) is 9.06. The Morgan fingerprint density at radius 2 is 1.86 bits per heavy atom. The first kappa shape index (κ1) is 20.4. The highest BCUT2D eigenvalue weighted by Gasteiger charge is 2.22. The third kappa shape index (κ3) is 4.42. The van der Waals surface area contributed by atoms with Crippen molar-refractivity contribution in [2.24, 2.45) is 5.92 Å². The van der Waals surface area contributed by atoms with E-state index >= 15 is 0 Å². The maximum absolute atomic E-state index is 13.8. The van der Waals surface area contributed by atoms with Crippen LogP contribution in [-0.4, -0.2) is 26.2 Å². The molecular formula is C21H20F2N2O4. The zero-order chi connectivity index (χ0) is 21.1. The number of imidazole rings is 1. The molecule has 1 atom stereocenters. The number of aryl methyl sites for hydroxylation is 1. The van der Waals surface area contributed by atoms with Crippen LogP contribution < -0.4 is 4.74 Å². The lowest BCUT2D eigenvalue weighted by Gasteiger charge is -2.10. The fourth-order valence-corrected chi connectivity index (χ4v) is 3.21. The summed E-state index contributed by atoms with van der Waals surface area (Å²) in [6.45, 7) is 3.04. The van der Waals surface area contributed by atoms with Gasteiger partial charge in [-0.2, -0.15) is 0 Å². The predicted molar refractivity (Wildman–Crippen MR) is 101 cm³/mol. The minimum Gasteiger partial charge on any atom is -0.485 e. The Bertz CT molecular complexity index is 1060. The lowest BCUT2D eigenvalue weighted by atomic mass is 9.99. The summed E-state index contributed by atoms with van der Waals surface area (Å²) in [5, 5.41) is 8.88. The molecule has 0 aliphatic heterocycles. The molecule has 0 radical (unpaired) electrons. The molecule has 3 aromatic rings. The molecular weight excluding hydrogens is 382 g/mol. The molecule has 3 rings (SSSR count). The number of rotatable bonds is 8. The molecule has 0 aliphatic carbocycles. The van der Waals surface area contributed by atoms with Gasteiger partial charge in [-0.15, -0.1) is 0 Å². The van der Waals surface area contributed by atoms with Gasteiger partial charge in [0.1, 0.15) is 23.9 Å². The summed E-state index contributed by atoms with van der Waals surface area (Å²) < 4.78 is 34.8. The van der Waals surface area contributed by atoms with Gasteiger partial charge in [0.25, 0.3) is 0 Å². The summed E-state index contributed by atoms with van der Waals surface area (Å²) in [6.07, 6.45) is 1.59. The molecule has 8 heteroatoms. The first-order chi connectivity index (χ1) is 13.8. The molecule has 0 amide bonds. The number of ketones is 1. The number of nitrogens with zero attached hydrogens (tertiary/aromatic N) is 2. The van der Waals surface area contributed by atoms with Crippen molar-refractivity contribution in [2.75, 3.05) is 0 Å². The van der Waals surface area contributed by atoms with Gasteiger partial charge in [0, 0.05) is 19.0 Å². The van der Waals surface area contributed by atoms with Gasteiger partial charge in [0.2, 0.25) is 0 Å². The number of ether oxygens (including phenoxy) is 1. The molecule has 2 aromatic heterocycles. The fraction of sp³-hybridized carbons (Fsp3) is 0.286. The van der Waals surface area contributed by atoms with Crippen LogP contribution in [0.1, 0.15) is 41.5 Å². The molecule has 6 nitrogen and oxygen atoms in total. The largest absolute Gasteiger partial charge is 0.485 e. The molecule has 0 fully saturated rings. The van der Waals surface area contributed by atoms with Crippen LogP contribution in [0.15, 0.2) is 36.5 Å². The van der Waals surface area contributed by atoms with E-state index in [2.05, 4.69) is 4.98 Å². The lowest BCUT2D eigenvalue weighted by molar-refractivity contribution is -0.137. The average Bonchev–Trinajstić information content (AvgIpc) is 2.97. The Kier molecular flexibility index (Phi) is 5.91. The lowest BCUT2D eigenvalue weighted by Crippen LogP contribution is -2.13. The molecule has 1 aromatic carbocycles. The number of carbonyl (C=O) groups excluding carboxylic acids is 1. The first-order valence-corrected chi connectivity index (χ1v) is 9.06. The van der Waals surface area contributed by atoms with Crippen molar-refractivity contribution in [1.29, 1.82) is 0 Å². The zero-order valence-corrected chi connectivity index (χ0v) is 16.0. The molecule has 0 unspecified atom stereocenters. The van der Waals surface area contributed by atoms with E-state index in [4.69, 9.17) is 9.84 Å². The number of Topliss-reactive ketones (excluding diaryl/α,β-unsaturated/α-hetero) is 1. The fourth-order valence-electron chi connectivity index (χ4n) is 3.21. The van der Waals surface area contributed by atoms with Crippen molar-refractivity contribution >= 4 is 17.4 Å². The number of pyridine rings is 1. The Morgan fingerprint density at radius 1 is 1.17 bits per heavy atom. The summed E-state index contributed by atoms with van der Waals surface area (Å²) in [6, 6.07) is 6.81. The number of carboxylic acids is 1. The Morgan fingerprint density at radius 3 is 2.52 bits per heavy atom. The summed E-state index contributed by atoms with van der Waals surface area (Å²) >= 11 is 0. The molecule has 0 saturated heterocycles. The van der Waals surface area contributed by atoms with E-state index in [-0.39, 0.29) is 42.5 Å². The van der Waals surface area contributed by atoms with Crippen molar-refractivity contribution in [3.8, 4) is 5.75 Å². The van der Waals surface area contributed by atoms with Crippen LogP contribution in [0.2, 0.25) is 0 Å². The standard InChI is InChI=1S/C21H20F2N2O4/c1-12(10-19(27)28)9-17(26)20-13(2)24-21-18(7-4-8-25(20)21)29-11-14-15(22)5-3-6-16(14)23/h3-8,12H,9-11H2,1-2H3,(H,27,28)/t12-/m1/s1. The zero-order valence-electron chi connectivity index (χ0n) is 16.0. The van der Waals surface area contributed by atoms with Crippen molar-refractivity contribution in [3.63, 3.8) is 0 Å². The maximum atomic E-state index is 13.8. The number of carboxylic acid groups (broad SMARTS) is 1. The highest BCUT2D eigenvalue weighted by atomic mass is 19.1. The summed E-state index contributed by atoms with van der Waals surface area (Å²) in [5.41, 5.74) is 0.943. The number of fused-ring (bicyclic) bond motifs is 1. The van der Waals surface area contributed by atoms with Crippen LogP contribution in [0.5, 0.6) is 5.75 Å². The van der Waals surface area contributed by atoms with E-state index in [9.17, 15) is 18.4 Å². The van der Waals surface area contributed by atoms with Gasteiger partial charge in [0.05, 0.1) is 11.3 Å². The number of hydrogen-bond donors (Lipinski definition) is 1. The van der Waals surface area contributed by atoms with E-state index in [1.807, 2.05) is 0 Å². The number of aromatic nitrogens is 2. The van der Waals surface area contributed by atoms with Gasteiger partial charge in [-0.1, -0.05) is 13.0 Å². The number of benzene rings is 1. The van der Waals surface area contributed by atoms with Crippen LogP contribution in [0.3, 0.4) is 0 Å². The van der Waals surface area contributed by atoms with Crippen LogP contribution in [-0.2, 0) is 11.4 Å². The number of aliphatic carboxylic acids is 1. The van der Waals surface area contributed by atoms with Gasteiger partial charge in [-0.25, -0.2) is 13.8 Å². The third-order valence-corrected chi connectivity index (χ3v) is 4.54. The minimum atomic E-state index is -0.962. The van der Waals surface area contributed by atoms with E-state index in [0.717, 1.165) is 12.1 Å². The van der Waals surface area contributed by atoms with Gasteiger partial charge < -0.3 is 9.84 Å². The second kappa shape index (κ2) is 8.38. The maximum Gasteiger partial charge on any atom is 0.303 e. The Hall–Kier alpha value is -3.29. The van der Waals surface area contributed by atoms with Crippen molar-refractivity contribution in [1.82, 2.24) is 9.38 Å². The topological polar surface area (TPSA) is 80.9 Å². The van der Waals surface area contributed by atoms with Crippen LogP contribution in [0, 0.1) is 24.5 Å². The molecule has 1 N–H and O–H groups in total. The second-order valence-corrected chi connectivity index (χ2v) is 6.93. The van der Waals surface area contributed by atoms with E-state index in [1.165, 1.54) is 6.07 Å². The minimum absolute atomic E-state index is 0.0620. The highest BCUT2D eigenvalue weighted by molar-refractivity contribution is 5.97. The third-order valence-electron chi connectivity index (χ3n) is 4.54. The Balaban J connectivity index is 1.87. The molecule has 0 aliphatic rings. The predicted octanol–water partition coefficient (Wildman–Crippen LogP) is 4.18. The number of hydrogen-bond acceptors (Lipinski definition) is 4. The van der Waals surface area contributed by atoms with E-state index < -0.39 is 17.6 Å². The smallest absolute Gasteiger partial charge is 0.303 e. The molecule has 29 heavy (non-hydrogen) atoms. The highest BCUT2D eigenvalue weighted by Crippen LogP contribution is 2.25. The second-order valence-electron chi connectivity index (χ2n) is 6.93.